The molecule has 1 aliphatic heterocycles. The molecule has 24 heavy (non-hydrogen) atoms. The summed E-state index contributed by atoms with van der Waals surface area (Å²) in [5, 5.41) is 3.68. The Balaban J connectivity index is 1.66. The molecule has 3 rings (SSSR count). The van der Waals surface area contributed by atoms with Crippen LogP contribution < -0.4 is 10.9 Å². The highest BCUT2D eigenvalue weighted by Gasteiger charge is 2.28. The Hall–Kier alpha value is -2.15. The molecule has 2 N–H and O–H groups in total. The van der Waals surface area contributed by atoms with Gasteiger partial charge in [0.25, 0.3) is 5.56 Å². The number of carbonyl (C=O) groups excluding carboxylic acids is 1. The third-order valence-electron chi connectivity index (χ3n) is 4.30. The molecule has 1 amide bonds. The number of amides is 1. The molecule has 2 heterocycles. The molecule has 0 spiro atoms. The number of H-pyrrole nitrogens is 1. The standard InChI is InChI=1S/C17H20N2O4S/c1-11-2-4-15-13(8-11)9-12(17(21)19-15)3-5-16(20)18-14-6-7-24(22,23)10-14/h2,4,8-9,14H,3,5-7,10H2,1H3,(H,18,20)(H,19,21). The first-order chi connectivity index (χ1) is 11.3. The lowest BCUT2D eigenvalue weighted by Crippen LogP contribution is -2.35. The van der Waals surface area contributed by atoms with Gasteiger partial charge in [0.15, 0.2) is 9.84 Å². The molecule has 0 saturated carbocycles. The summed E-state index contributed by atoms with van der Waals surface area (Å²) in [5.74, 6) is -0.0863. The second kappa shape index (κ2) is 6.39. The van der Waals surface area contributed by atoms with E-state index in [0.717, 1.165) is 16.5 Å². The van der Waals surface area contributed by atoms with E-state index in [1.165, 1.54) is 0 Å². The fourth-order valence-electron chi connectivity index (χ4n) is 3.01. The van der Waals surface area contributed by atoms with Crippen molar-refractivity contribution in [2.45, 2.75) is 32.2 Å². The SMILES string of the molecule is Cc1ccc2[nH]c(=O)c(CCC(=O)NC3CCS(=O)(=O)C3)cc2c1. The summed E-state index contributed by atoms with van der Waals surface area (Å²) >= 11 is 0. The predicted octanol–water partition coefficient (Wildman–Crippen LogP) is 1.07. The Labute approximate surface area is 140 Å². The summed E-state index contributed by atoms with van der Waals surface area (Å²) in [6.07, 6.45) is 0.950. The number of nitrogens with one attached hydrogen (secondary N) is 2. The lowest BCUT2D eigenvalue weighted by Gasteiger charge is -2.10. The fourth-order valence-corrected chi connectivity index (χ4v) is 4.69. The van der Waals surface area contributed by atoms with Gasteiger partial charge in [-0.2, -0.15) is 0 Å². The van der Waals surface area contributed by atoms with Crippen LogP contribution in [0.5, 0.6) is 0 Å². The second-order valence-corrected chi connectivity index (χ2v) is 8.61. The van der Waals surface area contributed by atoms with Crippen molar-refractivity contribution in [1.29, 1.82) is 0 Å². The number of sulfone groups is 1. The number of aryl methyl sites for hydroxylation is 2. The van der Waals surface area contributed by atoms with Gasteiger partial charge in [-0.25, -0.2) is 8.42 Å². The molecule has 0 bridgehead atoms. The molecule has 1 aromatic carbocycles. The van der Waals surface area contributed by atoms with E-state index in [0.29, 0.717) is 18.4 Å². The van der Waals surface area contributed by atoms with Gasteiger partial charge in [0, 0.05) is 23.5 Å². The first-order valence-electron chi connectivity index (χ1n) is 7.95. The lowest BCUT2D eigenvalue weighted by molar-refractivity contribution is -0.121. The monoisotopic (exact) mass is 348 g/mol. The van der Waals surface area contributed by atoms with Gasteiger partial charge < -0.3 is 10.3 Å². The molecule has 1 atom stereocenters. The first kappa shape index (κ1) is 16.7. The zero-order valence-corrected chi connectivity index (χ0v) is 14.3. The number of aromatic nitrogens is 1. The van der Waals surface area contributed by atoms with Gasteiger partial charge in [-0.05, 0) is 43.4 Å². The van der Waals surface area contributed by atoms with Gasteiger partial charge >= 0.3 is 0 Å². The van der Waals surface area contributed by atoms with E-state index in [1.807, 2.05) is 31.2 Å². The molecule has 1 unspecified atom stereocenters. The zero-order valence-electron chi connectivity index (χ0n) is 13.5. The number of carbonyl (C=O) groups is 1. The van der Waals surface area contributed by atoms with Gasteiger partial charge in [0.1, 0.15) is 0 Å². The predicted molar refractivity (Wildman–Crippen MR) is 92.8 cm³/mol. The average molecular weight is 348 g/mol. The maximum atomic E-state index is 12.1. The van der Waals surface area contributed by atoms with E-state index < -0.39 is 9.84 Å². The van der Waals surface area contributed by atoms with Crippen LogP contribution in [0.15, 0.2) is 29.1 Å². The number of aromatic amines is 1. The van der Waals surface area contributed by atoms with Gasteiger partial charge in [0.05, 0.1) is 11.5 Å². The van der Waals surface area contributed by atoms with Crippen LogP contribution in [0.1, 0.15) is 24.0 Å². The molecule has 7 heteroatoms. The van der Waals surface area contributed by atoms with Crippen LogP contribution >= 0.6 is 0 Å². The highest BCUT2D eigenvalue weighted by atomic mass is 32.2. The van der Waals surface area contributed by atoms with Crippen molar-refractivity contribution in [3.8, 4) is 0 Å². The van der Waals surface area contributed by atoms with Crippen LogP contribution in [-0.4, -0.2) is 36.9 Å². The second-order valence-electron chi connectivity index (χ2n) is 6.38. The minimum atomic E-state index is -3.01. The van der Waals surface area contributed by atoms with E-state index in [1.54, 1.807) is 0 Å². The number of hydrogen-bond acceptors (Lipinski definition) is 4. The molecule has 128 valence electrons. The Bertz CT molecular complexity index is 947. The van der Waals surface area contributed by atoms with Crippen molar-refractivity contribution < 1.29 is 13.2 Å². The lowest BCUT2D eigenvalue weighted by atomic mass is 10.1. The summed E-state index contributed by atoms with van der Waals surface area (Å²) in [6.45, 7) is 1.98. The molecule has 1 aliphatic rings. The van der Waals surface area contributed by atoms with Crippen LogP contribution in [0.3, 0.4) is 0 Å². The zero-order chi connectivity index (χ0) is 17.3. The van der Waals surface area contributed by atoms with Gasteiger partial charge in [-0.1, -0.05) is 11.6 Å². The summed E-state index contributed by atoms with van der Waals surface area (Å²) < 4.78 is 22.8. The summed E-state index contributed by atoms with van der Waals surface area (Å²) in [5.41, 5.74) is 2.24. The molecule has 0 radical (unpaired) electrons. The Morgan fingerprint density at radius 1 is 1.33 bits per heavy atom. The number of hydrogen-bond donors (Lipinski definition) is 2. The van der Waals surface area contributed by atoms with Crippen molar-refractivity contribution in [2.75, 3.05) is 11.5 Å². The minimum Gasteiger partial charge on any atom is -0.352 e. The molecular weight excluding hydrogens is 328 g/mol. The largest absolute Gasteiger partial charge is 0.352 e. The molecule has 6 nitrogen and oxygen atoms in total. The van der Waals surface area contributed by atoms with Crippen LogP contribution in [0.2, 0.25) is 0 Å². The smallest absolute Gasteiger partial charge is 0.251 e. The van der Waals surface area contributed by atoms with Crippen molar-refractivity contribution in [3.05, 3.63) is 45.7 Å². The molecule has 1 fully saturated rings. The van der Waals surface area contributed by atoms with Gasteiger partial charge in [0.2, 0.25) is 5.91 Å². The van der Waals surface area contributed by atoms with E-state index in [2.05, 4.69) is 10.3 Å². The maximum Gasteiger partial charge on any atom is 0.251 e. The highest BCUT2D eigenvalue weighted by Crippen LogP contribution is 2.14. The van der Waals surface area contributed by atoms with Gasteiger partial charge in [-0.15, -0.1) is 0 Å². The van der Waals surface area contributed by atoms with E-state index >= 15 is 0 Å². The summed E-state index contributed by atoms with van der Waals surface area (Å²) in [7, 11) is -3.01. The molecule has 1 saturated heterocycles. The van der Waals surface area contributed by atoms with Crippen LogP contribution in [0.25, 0.3) is 10.9 Å². The normalized spacial score (nSPS) is 19.5. The van der Waals surface area contributed by atoms with Crippen LogP contribution in [-0.2, 0) is 21.1 Å². The van der Waals surface area contributed by atoms with Crippen LogP contribution in [0.4, 0.5) is 0 Å². The molecule has 2 aromatic rings. The summed E-state index contributed by atoms with van der Waals surface area (Å²) in [6, 6.07) is 7.29. The molecule has 0 aliphatic carbocycles. The Morgan fingerprint density at radius 3 is 2.83 bits per heavy atom. The third-order valence-corrected chi connectivity index (χ3v) is 6.06. The third kappa shape index (κ3) is 3.84. The van der Waals surface area contributed by atoms with Crippen molar-refractivity contribution in [2.24, 2.45) is 0 Å². The first-order valence-corrected chi connectivity index (χ1v) is 9.77. The maximum absolute atomic E-state index is 12.1. The molecular formula is C17H20N2O4S. The fraction of sp³-hybridized carbons (Fsp3) is 0.412. The van der Waals surface area contributed by atoms with Gasteiger partial charge in [-0.3, -0.25) is 9.59 Å². The number of fused-ring (bicyclic) bond motifs is 1. The molecule has 1 aromatic heterocycles. The Morgan fingerprint density at radius 2 is 2.12 bits per heavy atom. The number of benzene rings is 1. The van der Waals surface area contributed by atoms with Crippen molar-refractivity contribution in [1.82, 2.24) is 10.3 Å². The van der Waals surface area contributed by atoms with E-state index in [-0.39, 0.29) is 35.4 Å². The topological polar surface area (TPSA) is 96.1 Å². The van der Waals surface area contributed by atoms with Crippen LogP contribution in [0, 0.1) is 6.92 Å². The average Bonchev–Trinajstić information content (AvgIpc) is 2.84. The summed E-state index contributed by atoms with van der Waals surface area (Å²) in [4.78, 5) is 26.9. The van der Waals surface area contributed by atoms with E-state index in [9.17, 15) is 18.0 Å². The highest BCUT2D eigenvalue weighted by molar-refractivity contribution is 7.91. The van der Waals surface area contributed by atoms with Crippen molar-refractivity contribution >= 4 is 26.6 Å². The number of rotatable bonds is 4. The number of pyridine rings is 1. The quantitative estimate of drug-likeness (QED) is 0.864. The minimum absolute atomic E-state index is 0.00851. The van der Waals surface area contributed by atoms with E-state index in [4.69, 9.17) is 0 Å². The Kier molecular flexibility index (Phi) is 4.45. The van der Waals surface area contributed by atoms with Crippen molar-refractivity contribution in [3.63, 3.8) is 0 Å².